The summed E-state index contributed by atoms with van der Waals surface area (Å²) in [5, 5.41) is 20.7. The summed E-state index contributed by atoms with van der Waals surface area (Å²) >= 11 is 2.05. The smallest absolute Gasteiger partial charge is 0.0646 e. The lowest BCUT2D eigenvalue weighted by Gasteiger charge is -2.48. The van der Waals surface area contributed by atoms with Crippen molar-refractivity contribution in [2.24, 2.45) is 5.41 Å². The molecule has 3 nitrogen and oxygen atoms in total. The van der Waals surface area contributed by atoms with Crippen LogP contribution >= 0.6 is 11.8 Å². The number of rotatable bonds is 4. The Labute approximate surface area is 137 Å². The fraction of sp³-hybridized carbons (Fsp3) is 0.667. The first-order chi connectivity index (χ1) is 10.7. The van der Waals surface area contributed by atoms with E-state index >= 15 is 0 Å². The van der Waals surface area contributed by atoms with Crippen LogP contribution in [0.15, 0.2) is 30.3 Å². The Morgan fingerprint density at radius 1 is 1.14 bits per heavy atom. The van der Waals surface area contributed by atoms with Crippen LogP contribution in [-0.2, 0) is 6.42 Å². The standard InChI is InChI=1S/C18H27NO2S/c20-14-18(12-15-4-2-1-3-5-15)13-19(9-6-17(18)21)16-7-10-22-11-8-16/h1-5,16-17,20-21H,6-14H2/t17-,18+/m1/s1. The SMILES string of the molecule is OC[C@]1(Cc2ccccc2)CN(C2CCSCC2)CC[C@H]1O. The van der Waals surface area contributed by atoms with Gasteiger partial charge in [-0.15, -0.1) is 0 Å². The van der Waals surface area contributed by atoms with Gasteiger partial charge in [-0.1, -0.05) is 30.3 Å². The highest BCUT2D eigenvalue weighted by atomic mass is 32.2. The van der Waals surface area contributed by atoms with Gasteiger partial charge in [0.1, 0.15) is 0 Å². The molecule has 22 heavy (non-hydrogen) atoms. The van der Waals surface area contributed by atoms with Gasteiger partial charge in [-0.25, -0.2) is 0 Å². The second kappa shape index (κ2) is 7.35. The summed E-state index contributed by atoms with van der Waals surface area (Å²) < 4.78 is 0. The van der Waals surface area contributed by atoms with E-state index in [0.29, 0.717) is 6.04 Å². The maximum absolute atomic E-state index is 10.6. The average Bonchev–Trinajstić information content (AvgIpc) is 2.58. The topological polar surface area (TPSA) is 43.7 Å². The molecule has 2 atom stereocenters. The van der Waals surface area contributed by atoms with Gasteiger partial charge in [-0.2, -0.15) is 11.8 Å². The molecule has 2 fully saturated rings. The summed E-state index contributed by atoms with van der Waals surface area (Å²) in [5.41, 5.74) is 0.793. The summed E-state index contributed by atoms with van der Waals surface area (Å²) in [4.78, 5) is 2.53. The molecule has 0 aliphatic carbocycles. The zero-order valence-corrected chi connectivity index (χ0v) is 14.0. The van der Waals surface area contributed by atoms with Gasteiger partial charge < -0.3 is 10.2 Å². The lowest BCUT2D eigenvalue weighted by molar-refractivity contribution is -0.0851. The predicted octanol–water partition coefficient (Wildman–Crippen LogP) is 2.17. The highest BCUT2D eigenvalue weighted by Gasteiger charge is 2.44. The molecule has 0 unspecified atom stereocenters. The van der Waals surface area contributed by atoms with Gasteiger partial charge in [0.05, 0.1) is 12.7 Å². The fourth-order valence-corrected chi connectivity index (χ4v) is 5.01. The lowest BCUT2D eigenvalue weighted by Crippen LogP contribution is -2.57. The van der Waals surface area contributed by atoms with Crippen molar-refractivity contribution in [1.29, 1.82) is 0 Å². The van der Waals surface area contributed by atoms with Crippen LogP contribution in [0.25, 0.3) is 0 Å². The minimum absolute atomic E-state index is 0.0566. The molecule has 2 saturated heterocycles. The first-order valence-electron chi connectivity index (χ1n) is 8.38. The van der Waals surface area contributed by atoms with Crippen molar-refractivity contribution in [2.45, 2.75) is 37.8 Å². The third kappa shape index (κ3) is 3.51. The van der Waals surface area contributed by atoms with Gasteiger partial charge in [0, 0.05) is 24.5 Å². The van der Waals surface area contributed by atoms with Crippen molar-refractivity contribution in [3.05, 3.63) is 35.9 Å². The normalized spacial score (nSPS) is 31.3. The number of thioether (sulfide) groups is 1. The first kappa shape index (κ1) is 16.3. The largest absolute Gasteiger partial charge is 0.396 e. The maximum atomic E-state index is 10.6. The second-order valence-electron chi connectivity index (χ2n) is 6.80. The number of likely N-dealkylation sites (tertiary alicyclic amines) is 1. The summed E-state index contributed by atoms with van der Waals surface area (Å²) in [6, 6.07) is 10.9. The van der Waals surface area contributed by atoms with E-state index in [9.17, 15) is 10.2 Å². The molecule has 0 amide bonds. The molecule has 0 bridgehead atoms. The number of nitrogens with zero attached hydrogens (tertiary/aromatic N) is 1. The van der Waals surface area contributed by atoms with E-state index in [1.807, 2.05) is 30.0 Å². The molecule has 4 heteroatoms. The zero-order valence-electron chi connectivity index (χ0n) is 13.2. The number of piperidine rings is 1. The third-order valence-electron chi connectivity index (χ3n) is 5.34. The summed E-state index contributed by atoms with van der Waals surface area (Å²) in [7, 11) is 0. The van der Waals surface area contributed by atoms with Gasteiger partial charge in [0.2, 0.25) is 0 Å². The van der Waals surface area contributed by atoms with Gasteiger partial charge in [-0.3, -0.25) is 4.90 Å². The van der Waals surface area contributed by atoms with Crippen LogP contribution in [0, 0.1) is 5.41 Å². The Bertz CT molecular complexity index is 463. The molecule has 2 aliphatic heterocycles. The number of benzene rings is 1. The van der Waals surface area contributed by atoms with Crippen LogP contribution < -0.4 is 0 Å². The molecule has 2 heterocycles. The summed E-state index contributed by atoms with van der Waals surface area (Å²) in [6.07, 6.45) is 3.61. The molecular weight excluding hydrogens is 294 g/mol. The van der Waals surface area contributed by atoms with Crippen molar-refractivity contribution in [3.63, 3.8) is 0 Å². The van der Waals surface area contributed by atoms with Crippen molar-refractivity contribution < 1.29 is 10.2 Å². The van der Waals surface area contributed by atoms with Crippen molar-refractivity contribution in [2.75, 3.05) is 31.2 Å². The minimum Gasteiger partial charge on any atom is -0.396 e. The first-order valence-corrected chi connectivity index (χ1v) is 9.54. The van der Waals surface area contributed by atoms with E-state index in [0.717, 1.165) is 25.9 Å². The number of hydrogen-bond donors (Lipinski definition) is 2. The molecule has 0 radical (unpaired) electrons. The van der Waals surface area contributed by atoms with E-state index in [4.69, 9.17) is 0 Å². The van der Waals surface area contributed by atoms with E-state index in [2.05, 4.69) is 17.0 Å². The Kier molecular flexibility index (Phi) is 5.45. The number of aliphatic hydroxyl groups is 2. The monoisotopic (exact) mass is 321 g/mol. The van der Waals surface area contributed by atoms with Crippen molar-refractivity contribution in [1.82, 2.24) is 4.90 Å². The molecule has 122 valence electrons. The fourth-order valence-electron chi connectivity index (χ4n) is 3.93. The van der Waals surface area contributed by atoms with Crippen molar-refractivity contribution >= 4 is 11.8 Å². The second-order valence-corrected chi connectivity index (χ2v) is 8.03. The van der Waals surface area contributed by atoms with Crippen LogP contribution in [0.3, 0.4) is 0 Å². The molecule has 1 aromatic carbocycles. The predicted molar refractivity (Wildman–Crippen MR) is 92.2 cm³/mol. The summed E-state index contributed by atoms with van der Waals surface area (Å²) in [5.74, 6) is 2.49. The van der Waals surface area contributed by atoms with Crippen LogP contribution in [-0.4, -0.2) is 58.5 Å². The number of hydrogen-bond acceptors (Lipinski definition) is 4. The lowest BCUT2D eigenvalue weighted by atomic mass is 9.73. The minimum atomic E-state index is -0.413. The molecule has 0 saturated carbocycles. The maximum Gasteiger partial charge on any atom is 0.0646 e. The Morgan fingerprint density at radius 3 is 2.55 bits per heavy atom. The average molecular weight is 321 g/mol. The van der Waals surface area contributed by atoms with Gasteiger partial charge >= 0.3 is 0 Å². The van der Waals surface area contributed by atoms with E-state index < -0.39 is 11.5 Å². The molecule has 3 rings (SSSR count). The number of aliphatic hydroxyl groups excluding tert-OH is 2. The molecule has 1 aromatic rings. The van der Waals surface area contributed by atoms with Crippen LogP contribution in [0.5, 0.6) is 0 Å². The van der Waals surface area contributed by atoms with E-state index in [1.165, 1.54) is 29.9 Å². The molecule has 0 aromatic heterocycles. The molecular formula is C18H27NO2S. The zero-order chi connectivity index (χ0) is 15.4. The third-order valence-corrected chi connectivity index (χ3v) is 6.38. The summed E-state index contributed by atoms with van der Waals surface area (Å²) in [6.45, 7) is 1.84. The van der Waals surface area contributed by atoms with Gasteiger partial charge in [0.15, 0.2) is 0 Å². The molecule has 2 aliphatic rings. The van der Waals surface area contributed by atoms with Gasteiger partial charge in [0.25, 0.3) is 0 Å². The van der Waals surface area contributed by atoms with E-state index in [-0.39, 0.29) is 6.61 Å². The van der Waals surface area contributed by atoms with Gasteiger partial charge in [-0.05, 0) is 42.8 Å². The molecule has 2 N–H and O–H groups in total. The van der Waals surface area contributed by atoms with Crippen LogP contribution in [0.1, 0.15) is 24.8 Å². The highest BCUT2D eigenvalue weighted by Crippen LogP contribution is 2.36. The highest BCUT2D eigenvalue weighted by molar-refractivity contribution is 7.99. The van der Waals surface area contributed by atoms with Crippen LogP contribution in [0.2, 0.25) is 0 Å². The molecule has 0 spiro atoms. The Hall–Kier alpha value is -0.550. The van der Waals surface area contributed by atoms with Crippen LogP contribution in [0.4, 0.5) is 0 Å². The van der Waals surface area contributed by atoms with E-state index in [1.54, 1.807) is 0 Å². The quantitative estimate of drug-likeness (QED) is 0.892. The Morgan fingerprint density at radius 2 is 1.86 bits per heavy atom. The van der Waals surface area contributed by atoms with Crippen molar-refractivity contribution in [3.8, 4) is 0 Å². The Balaban J connectivity index is 1.75.